The number of phenols is 1. The topological polar surface area (TPSA) is 32.3 Å². The molecule has 0 fully saturated rings. The van der Waals surface area contributed by atoms with E-state index in [0.29, 0.717) is 11.8 Å². The SMILES string of the molecule is CCCC(NC(C)c1ccccc1O)c1ccccc1. The van der Waals surface area contributed by atoms with Gasteiger partial charge in [0.2, 0.25) is 0 Å². The molecule has 0 bridgehead atoms. The number of rotatable bonds is 6. The van der Waals surface area contributed by atoms with Crippen molar-refractivity contribution in [2.45, 2.75) is 38.8 Å². The second-order valence-electron chi connectivity index (χ2n) is 5.20. The molecule has 2 aromatic rings. The molecule has 0 aliphatic carbocycles. The summed E-state index contributed by atoms with van der Waals surface area (Å²) < 4.78 is 0. The van der Waals surface area contributed by atoms with Gasteiger partial charge in [0.15, 0.2) is 0 Å². The summed E-state index contributed by atoms with van der Waals surface area (Å²) in [5, 5.41) is 13.6. The lowest BCUT2D eigenvalue weighted by Gasteiger charge is -2.24. The molecule has 0 aromatic heterocycles. The highest BCUT2D eigenvalue weighted by Crippen LogP contribution is 2.27. The van der Waals surface area contributed by atoms with E-state index in [9.17, 15) is 5.11 Å². The van der Waals surface area contributed by atoms with Crippen molar-refractivity contribution < 1.29 is 5.11 Å². The van der Waals surface area contributed by atoms with E-state index < -0.39 is 0 Å². The number of hydrogen-bond acceptors (Lipinski definition) is 2. The van der Waals surface area contributed by atoms with E-state index in [-0.39, 0.29) is 6.04 Å². The highest BCUT2D eigenvalue weighted by molar-refractivity contribution is 5.34. The molecule has 0 aliphatic heterocycles. The van der Waals surface area contributed by atoms with E-state index in [0.717, 1.165) is 18.4 Å². The van der Waals surface area contributed by atoms with Crippen LogP contribution in [0.3, 0.4) is 0 Å². The van der Waals surface area contributed by atoms with E-state index in [4.69, 9.17) is 0 Å². The van der Waals surface area contributed by atoms with Crippen molar-refractivity contribution in [3.05, 3.63) is 65.7 Å². The molecule has 2 rings (SSSR count). The van der Waals surface area contributed by atoms with Crippen molar-refractivity contribution in [1.82, 2.24) is 5.32 Å². The summed E-state index contributed by atoms with van der Waals surface area (Å²) in [5.41, 5.74) is 2.25. The summed E-state index contributed by atoms with van der Waals surface area (Å²) in [6.45, 7) is 4.29. The van der Waals surface area contributed by atoms with Gasteiger partial charge in [0.25, 0.3) is 0 Å². The number of nitrogens with one attached hydrogen (secondary N) is 1. The molecule has 0 saturated heterocycles. The smallest absolute Gasteiger partial charge is 0.120 e. The Bertz CT molecular complexity index is 524. The highest BCUT2D eigenvalue weighted by Gasteiger charge is 2.16. The molecule has 2 N–H and O–H groups in total. The van der Waals surface area contributed by atoms with Gasteiger partial charge >= 0.3 is 0 Å². The monoisotopic (exact) mass is 269 g/mol. The number of phenolic OH excluding ortho intramolecular Hbond substituents is 1. The fourth-order valence-electron chi connectivity index (χ4n) is 2.57. The molecular weight excluding hydrogens is 246 g/mol. The van der Waals surface area contributed by atoms with Gasteiger partial charge in [-0.05, 0) is 25.0 Å². The Hall–Kier alpha value is -1.80. The molecule has 0 amide bonds. The molecule has 2 atom stereocenters. The van der Waals surface area contributed by atoms with Crippen LogP contribution in [-0.2, 0) is 0 Å². The molecule has 2 unspecified atom stereocenters. The number of benzene rings is 2. The Kier molecular flexibility index (Phi) is 5.19. The van der Waals surface area contributed by atoms with Gasteiger partial charge in [0, 0.05) is 17.6 Å². The zero-order chi connectivity index (χ0) is 14.4. The first-order valence-electron chi connectivity index (χ1n) is 7.31. The molecule has 20 heavy (non-hydrogen) atoms. The van der Waals surface area contributed by atoms with Crippen molar-refractivity contribution in [3.63, 3.8) is 0 Å². The van der Waals surface area contributed by atoms with Gasteiger partial charge in [-0.15, -0.1) is 0 Å². The van der Waals surface area contributed by atoms with Crippen LogP contribution >= 0.6 is 0 Å². The average molecular weight is 269 g/mol. The normalized spacial score (nSPS) is 13.9. The summed E-state index contributed by atoms with van der Waals surface area (Å²) >= 11 is 0. The standard InChI is InChI=1S/C18H23NO/c1-3-9-17(15-10-5-4-6-11-15)19-14(2)16-12-7-8-13-18(16)20/h4-8,10-14,17,19-20H,3,9H2,1-2H3. The first-order valence-corrected chi connectivity index (χ1v) is 7.31. The second-order valence-corrected chi connectivity index (χ2v) is 5.20. The lowest BCUT2D eigenvalue weighted by Crippen LogP contribution is -2.24. The molecule has 0 saturated carbocycles. The highest BCUT2D eigenvalue weighted by atomic mass is 16.3. The van der Waals surface area contributed by atoms with Gasteiger partial charge in [-0.25, -0.2) is 0 Å². The lowest BCUT2D eigenvalue weighted by molar-refractivity contribution is 0.415. The molecule has 106 valence electrons. The Morgan fingerprint density at radius 2 is 1.65 bits per heavy atom. The molecule has 0 spiro atoms. The largest absolute Gasteiger partial charge is 0.508 e. The number of para-hydroxylation sites is 1. The fraction of sp³-hybridized carbons (Fsp3) is 0.333. The Morgan fingerprint density at radius 3 is 2.30 bits per heavy atom. The quantitative estimate of drug-likeness (QED) is 0.804. The third-order valence-electron chi connectivity index (χ3n) is 3.63. The Morgan fingerprint density at radius 1 is 1.00 bits per heavy atom. The number of aromatic hydroxyl groups is 1. The first-order chi connectivity index (χ1) is 9.72. The van der Waals surface area contributed by atoms with Crippen LogP contribution in [-0.4, -0.2) is 5.11 Å². The molecular formula is C18H23NO. The van der Waals surface area contributed by atoms with Crippen LogP contribution in [0.5, 0.6) is 5.75 Å². The van der Waals surface area contributed by atoms with E-state index >= 15 is 0 Å². The maximum atomic E-state index is 9.95. The number of hydrogen-bond donors (Lipinski definition) is 2. The maximum absolute atomic E-state index is 9.95. The van der Waals surface area contributed by atoms with Crippen molar-refractivity contribution in [2.75, 3.05) is 0 Å². The summed E-state index contributed by atoms with van der Waals surface area (Å²) in [7, 11) is 0. The maximum Gasteiger partial charge on any atom is 0.120 e. The Labute approximate surface area is 121 Å². The summed E-state index contributed by atoms with van der Waals surface area (Å²) in [6.07, 6.45) is 2.21. The van der Waals surface area contributed by atoms with Crippen LogP contribution in [0.4, 0.5) is 0 Å². The molecule has 2 heteroatoms. The van der Waals surface area contributed by atoms with Gasteiger partial charge in [0.1, 0.15) is 5.75 Å². The molecule has 2 aromatic carbocycles. The van der Waals surface area contributed by atoms with Crippen molar-refractivity contribution in [3.8, 4) is 5.75 Å². The van der Waals surface area contributed by atoms with Gasteiger partial charge in [-0.1, -0.05) is 61.9 Å². The van der Waals surface area contributed by atoms with E-state index in [1.165, 1.54) is 5.56 Å². The fourth-order valence-corrected chi connectivity index (χ4v) is 2.57. The molecule has 2 nitrogen and oxygen atoms in total. The summed E-state index contributed by atoms with van der Waals surface area (Å²) in [5.74, 6) is 0.357. The molecule has 0 aliphatic rings. The predicted molar refractivity (Wildman–Crippen MR) is 83.7 cm³/mol. The zero-order valence-electron chi connectivity index (χ0n) is 12.2. The van der Waals surface area contributed by atoms with E-state index in [2.05, 4.69) is 43.4 Å². The second kappa shape index (κ2) is 7.11. The van der Waals surface area contributed by atoms with E-state index in [1.807, 2.05) is 24.3 Å². The van der Waals surface area contributed by atoms with Crippen LogP contribution in [0.2, 0.25) is 0 Å². The minimum absolute atomic E-state index is 0.118. The minimum atomic E-state index is 0.118. The van der Waals surface area contributed by atoms with Crippen molar-refractivity contribution >= 4 is 0 Å². The average Bonchev–Trinajstić information content (AvgIpc) is 2.48. The lowest BCUT2D eigenvalue weighted by atomic mass is 9.99. The van der Waals surface area contributed by atoms with Gasteiger partial charge in [-0.2, -0.15) is 0 Å². The molecule has 0 heterocycles. The first kappa shape index (κ1) is 14.6. The Balaban J connectivity index is 2.14. The predicted octanol–water partition coefficient (Wildman–Crippen LogP) is 4.58. The third kappa shape index (κ3) is 3.61. The van der Waals surface area contributed by atoms with Crippen LogP contribution in [0.25, 0.3) is 0 Å². The van der Waals surface area contributed by atoms with Crippen LogP contribution in [0.1, 0.15) is 49.9 Å². The molecule has 0 radical (unpaired) electrons. The van der Waals surface area contributed by atoms with Gasteiger partial charge in [0.05, 0.1) is 0 Å². The van der Waals surface area contributed by atoms with Crippen molar-refractivity contribution in [2.24, 2.45) is 0 Å². The van der Waals surface area contributed by atoms with Gasteiger partial charge in [-0.3, -0.25) is 0 Å². The van der Waals surface area contributed by atoms with Crippen LogP contribution < -0.4 is 5.32 Å². The van der Waals surface area contributed by atoms with E-state index in [1.54, 1.807) is 6.07 Å². The van der Waals surface area contributed by atoms with Crippen molar-refractivity contribution in [1.29, 1.82) is 0 Å². The zero-order valence-corrected chi connectivity index (χ0v) is 12.2. The summed E-state index contributed by atoms with van der Waals surface area (Å²) in [4.78, 5) is 0. The van der Waals surface area contributed by atoms with Gasteiger partial charge < -0.3 is 10.4 Å². The van der Waals surface area contributed by atoms with Crippen LogP contribution in [0, 0.1) is 0 Å². The summed E-state index contributed by atoms with van der Waals surface area (Å²) in [6, 6.07) is 18.5. The third-order valence-corrected chi connectivity index (χ3v) is 3.63. The minimum Gasteiger partial charge on any atom is -0.508 e. The van der Waals surface area contributed by atoms with Crippen LogP contribution in [0.15, 0.2) is 54.6 Å².